The third-order valence-corrected chi connectivity index (χ3v) is 6.27. The highest BCUT2D eigenvalue weighted by molar-refractivity contribution is 7.99. The predicted molar refractivity (Wildman–Crippen MR) is 111 cm³/mol. The van der Waals surface area contributed by atoms with E-state index in [4.69, 9.17) is 11.6 Å². The summed E-state index contributed by atoms with van der Waals surface area (Å²) in [6.07, 6.45) is 6.64. The molecule has 1 atom stereocenters. The lowest BCUT2D eigenvalue weighted by molar-refractivity contribution is -0.122. The second-order valence-electron chi connectivity index (χ2n) is 7.15. The number of halogens is 1. The third kappa shape index (κ3) is 5.75. The van der Waals surface area contributed by atoms with Gasteiger partial charge in [-0.25, -0.2) is 4.98 Å². The van der Waals surface area contributed by atoms with Gasteiger partial charge in [-0.2, -0.15) is 0 Å². The van der Waals surface area contributed by atoms with E-state index in [1.54, 1.807) is 18.0 Å². The summed E-state index contributed by atoms with van der Waals surface area (Å²) in [5.74, 6) is 0.835. The molecule has 1 aliphatic heterocycles. The fourth-order valence-corrected chi connectivity index (χ4v) is 4.35. The number of aromatic nitrogens is 2. The molecule has 0 aliphatic carbocycles. The molecule has 1 saturated heterocycles. The number of aryl methyl sites for hydroxylation is 1. The number of benzene rings is 1. The van der Waals surface area contributed by atoms with Crippen molar-refractivity contribution in [2.75, 3.05) is 12.3 Å². The first kappa shape index (κ1) is 20.7. The fraction of sp³-hybridized carbons (Fsp3) is 0.450. The van der Waals surface area contributed by atoms with Gasteiger partial charge in [0.1, 0.15) is 0 Å². The van der Waals surface area contributed by atoms with Gasteiger partial charge in [-0.05, 0) is 37.0 Å². The molecule has 28 heavy (non-hydrogen) atoms. The van der Waals surface area contributed by atoms with Gasteiger partial charge in [-0.15, -0.1) is 0 Å². The average molecular weight is 421 g/mol. The Morgan fingerprint density at radius 2 is 2.18 bits per heavy atom. The van der Waals surface area contributed by atoms with E-state index in [1.165, 1.54) is 0 Å². The molecule has 1 fully saturated rings. The van der Waals surface area contributed by atoms with Gasteiger partial charge < -0.3 is 15.2 Å². The molecule has 1 unspecified atom stereocenters. The lowest BCUT2D eigenvalue weighted by atomic mass is 9.85. The maximum Gasteiger partial charge on any atom is 0.220 e. The van der Waals surface area contributed by atoms with E-state index in [0.717, 1.165) is 22.9 Å². The molecule has 2 aromatic rings. The van der Waals surface area contributed by atoms with Crippen LogP contribution in [0, 0.1) is 0 Å². The minimum Gasteiger partial charge on any atom is -0.355 e. The van der Waals surface area contributed by atoms with Crippen molar-refractivity contribution in [2.24, 2.45) is 7.05 Å². The molecule has 1 aromatic carbocycles. The summed E-state index contributed by atoms with van der Waals surface area (Å²) < 4.78 is 1.95. The molecule has 8 heteroatoms. The number of imidazole rings is 1. The highest BCUT2D eigenvalue weighted by Gasteiger charge is 2.37. The van der Waals surface area contributed by atoms with Gasteiger partial charge in [-0.3, -0.25) is 9.59 Å². The summed E-state index contributed by atoms with van der Waals surface area (Å²) >= 11 is 7.57. The van der Waals surface area contributed by atoms with Crippen LogP contribution >= 0.6 is 23.4 Å². The van der Waals surface area contributed by atoms with Crippen molar-refractivity contribution >= 4 is 35.2 Å². The van der Waals surface area contributed by atoms with Gasteiger partial charge in [0.05, 0.1) is 0 Å². The Kier molecular flexibility index (Phi) is 7.02. The minimum absolute atomic E-state index is 0.0112. The van der Waals surface area contributed by atoms with Crippen LogP contribution in [0.15, 0.2) is 41.8 Å². The van der Waals surface area contributed by atoms with Gasteiger partial charge >= 0.3 is 0 Å². The number of carbonyl (C=O) groups excluding carboxylic acids is 2. The smallest absolute Gasteiger partial charge is 0.220 e. The molecule has 2 heterocycles. The Morgan fingerprint density at radius 1 is 1.39 bits per heavy atom. The summed E-state index contributed by atoms with van der Waals surface area (Å²) in [4.78, 5) is 28.4. The molecule has 0 saturated carbocycles. The van der Waals surface area contributed by atoms with Gasteiger partial charge in [0, 0.05) is 55.1 Å². The first-order chi connectivity index (χ1) is 13.5. The van der Waals surface area contributed by atoms with Crippen LogP contribution in [0.2, 0.25) is 5.02 Å². The SMILES string of the molecule is Cn1ccnc1SCCNC(=O)CCC1(Cc2ccc(Cl)cc2)CCC(=O)N1. The van der Waals surface area contributed by atoms with Crippen molar-refractivity contribution in [3.8, 4) is 0 Å². The number of carbonyl (C=O) groups is 2. The summed E-state index contributed by atoms with van der Waals surface area (Å²) in [6.45, 7) is 0.590. The van der Waals surface area contributed by atoms with E-state index in [1.807, 2.05) is 42.1 Å². The molecule has 6 nitrogen and oxygen atoms in total. The van der Waals surface area contributed by atoms with Gasteiger partial charge in [0.25, 0.3) is 0 Å². The number of nitrogens with one attached hydrogen (secondary N) is 2. The largest absolute Gasteiger partial charge is 0.355 e. The summed E-state index contributed by atoms with van der Waals surface area (Å²) in [5, 5.41) is 7.70. The number of hydrogen-bond acceptors (Lipinski definition) is 4. The predicted octanol–water partition coefficient (Wildman–Crippen LogP) is 2.95. The summed E-state index contributed by atoms with van der Waals surface area (Å²) in [7, 11) is 1.95. The zero-order chi connectivity index (χ0) is 20.0. The van der Waals surface area contributed by atoms with E-state index in [-0.39, 0.29) is 17.4 Å². The standard InChI is InChI=1S/C20H25ClN4O2S/c1-25-12-10-23-19(25)28-13-11-22-17(26)6-8-20(9-7-18(27)24-20)14-15-2-4-16(21)5-3-15/h2-5,10,12H,6-9,11,13-14H2,1H3,(H,22,26)(H,24,27). The average Bonchev–Trinajstić information content (AvgIpc) is 3.25. The Bertz CT molecular complexity index is 824. The van der Waals surface area contributed by atoms with Gasteiger partial charge in [0.15, 0.2) is 5.16 Å². The Balaban J connectivity index is 1.46. The van der Waals surface area contributed by atoms with Crippen molar-refractivity contribution < 1.29 is 9.59 Å². The van der Waals surface area contributed by atoms with Crippen molar-refractivity contribution in [3.05, 3.63) is 47.2 Å². The van der Waals surface area contributed by atoms with Crippen LogP contribution in [-0.4, -0.2) is 39.2 Å². The highest BCUT2D eigenvalue weighted by atomic mass is 35.5. The highest BCUT2D eigenvalue weighted by Crippen LogP contribution is 2.30. The number of thioether (sulfide) groups is 1. The molecule has 2 amide bonds. The van der Waals surface area contributed by atoms with E-state index in [2.05, 4.69) is 15.6 Å². The first-order valence-electron chi connectivity index (χ1n) is 9.38. The number of hydrogen-bond donors (Lipinski definition) is 2. The number of nitrogens with zero attached hydrogens (tertiary/aromatic N) is 2. The zero-order valence-corrected chi connectivity index (χ0v) is 17.5. The summed E-state index contributed by atoms with van der Waals surface area (Å²) in [6, 6.07) is 7.66. The van der Waals surface area contributed by atoms with E-state index >= 15 is 0 Å². The van der Waals surface area contributed by atoms with Crippen LogP contribution in [0.3, 0.4) is 0 Å². The number of rotatable bonds is 9. The second kappa shape index (κ2) is 9.47. The van der Waals surface area contributed by atoms with Crippen LogP contribution in [-0.2, 0) is 23.1 Å². The van der Waals surface area contributed by atoms with Crippen molar-refractivity contribution in [2.45, 2.75) is 42.8 Å². The lowest BCUT2D eigenvalue weighted by Crippen LogP contribution is -2.44. The Hall–Kier alpha value is -1.99. The van der Waals surface area contributed by atoms with Crippen molar-refractivity contribution in [3.63, 3.8) is 0 Å². The van der Waals surface area contributed by atoms with E-state index in [9.17, 15) is 9.59 Å². The van der Waals surface area contributed by atoms with Gasteiger partial charge in [0.2, 0.25) is 11.8 Å². The molecule has 3 rings (SSSR count). The van der Waals surface area contributed by atoms with Crippen LogP contribution in [0.5, 0.6) is 0 Å². The molecule has 0 bridgehead atoms. The molecular weight excluding hydrogens is 396 g/mol. The maximum atomic E-state index is 12.3. The summed E-state index contributed by atoms with van der Waals surface area (Å²) in [5.41, 5.74) is 0.753. The Morgan fingerprint density at radius 3 is 2.82 bits per heavy atom. The van der Waals surface area contributed by atoms with Crippen LogP contribution in [0.25, 0.3) is 0 Å². The van der Waals surface area contributed by atoms with Crippen LogP contribution in [0.1, 0.15) is 31.2 Å². The van der Waals surface area contributed by atoms with Crippen molar-refractivity contribution in [1.29, 1.82) is 0 Å². The second-order valence-corrected chi connectivity index (χ2v) is 8.65. The molecule has 0 radical (unpaired) electrons. The molecule has 2 N–H and O–H groups in total. The molecule has 150 valence electrons. The van der Waals surface area contributed by atoms with Crippen molar-refractivity contribution in [1.82, 2.24) is 20.2 Å². The maximum absolute atomic E-state index is 12.3. The third-order valence-electron chi connectivity index (χ3n) is 4.95. The minimum atomic E-state index is -0.357. The first-order valence-corrected chi connectivity index (χ1v) is 10.7. The normalized spacial score (nSPS) is 18.9. The zero-order valence-electron chi connectivity index (χ0n) is 15.9. The topological polar surface area (TPSA) is 76.0 Å². The quantitative estimate of drug-likeness (QED) is 0.483. The van der Waals surface area contributed by atoms with E-state index < -0.39 is 0 Å². The Labute approximate surface area is 174 Å². The van der Waals surface area contributed by atoms with Crippen LogP contribution in [0.4, 0.5) is 0 Å². The van der Waals surface area contributed by atoms with E-state index in [0.29, 0.717) is 37.3 Å². The van der Waals surface area contributed by atoms with Crippen LogP contribution < -0.4 is 10.6 Å². The van der Waals surface area contributed by atoms with Gasteiger partial charge in [-0.1, -0.05) is 35.5 Å². The molecular formula is C20H25ClN4O2S. The molecule has 0 spiro atoms. The molecule has 1 aromatic heterocycles. The number of amides is 2. The monoisotopic (exact) mass is 420 g/mol. The lowest BCUT2D eigenvalue weighted by Gasteiger charge is -2.29. The fourth-order valence-electron chi connectivity index (χ4n) is 3.44. The molecule has 1 aliphatic rings.